The van der Waals surface area contributed by atoms with Crippen LogP contribution in [0.2, 0.25) is 0 Å². The van der Waals surface area contributed by atoms with Crippen molar-refractivity contribution in [3.8, 4) is 22.8 Å². The van der Waals surface area contributed by atoms with E-state index in [-0.39, 0.29) is 6.04 Å². The Morgan fingerprint density at radius 3 is 2.58 bits per heavy atom. The van der Waals surface area contributed by atoms with Crippen LogP contribution in [0.15, 0.2) is 54.9 Å². The van der Waals surface area contributed by atoms with Crippen molar-refractivity contribution in [2.75, 3.05) is 25.4 Å². The van der Waals surface area contributed by atoms with Crippen molar-refractivity contribution in [1.82, 2.24) is 30.0 Å². The maximum Gasteiger partial charge on any atom is 0.164 e. The first-order chi connectivity index (χ1) is 18.6. The number of hydrogen-bond acceptors (Lipinski definition) is 7. The predicted molar refractivity (Wildman–Crippen MR) is 147 cm³/mol. The number of halogens is 1. The van der Waals surface area contributed by atoms with Crippen molar-refractivity contribution in [2.24, 2.45) is 0 Å². The zero-order valence-electron chi connectivity index (χ0n) is 21.7. The second kappa shape index (κ2) is 10.7. The molecule has 198 valence electrons. The number of rotatable bonds is 6. The number of nitrogens with zero attached hydrogens (tertiary/aromatic N) is 5. The largest absolute Gasteiger partial charge is 0.457 e. The van der Waals surface area contributed by atoms with Gasteiger partial charge in [-0.15, -0.1) is 0 Å². The highest BCUT2D eigenvalue weighted by atomic mass is 19.1. The van der Waals surface area contributed by atoms with Crippen molar-refractivity contribution < 1.29 is 9.13 Å². The molecule has 1 saturated heterocycles. The molecule has 2 aromatic carbocycles. The molecule has 8 nitrogen and oxygen atoms in total. The number of aromatic nitrogens is 4. The van der Waals surface area contributed by atoms with Crippen LogP contribution in [0.5, 0.6) is 11.5 Å². The normalized spacial score (nSPS) is 22.5. The number of para-hydroxylation sites is 1. The Labute approximate surface area is 222 Å². The summed E-state index contributed by atoms with van der Waals surface area (Å²) >= 11 is 0. The number of nitrogen functional groups attached to an aromatic ring is 1. The Hall–Kier alpha value is -3.56. The van der Waals surface area contributed by atoms with Crippen molar-refractivity contribution in [2.45, 2.75) is 57.2 Å². The van der Waals surface area contributed by atoms with Gasteiger partial charge in [-0.3, -0.25) is 4.90 Å². The Kier molecular flexibility index (Phi) is 6.95. The minimum atomic E-state index is -0.430. The number of anilines is 1. The van der Waals surface area contributed by atoms with Crippen LogP contribution in [0.1, 0.15) is 45.1 Å². The first-order valence-electron chi connectivity index (χ1n) is 13.6. The fraction of sp³-hybridized carbons (Fsp3) is 0.414. The van der Waals surface area contributed by atoms with Crippen LogP contribution in [0.3, 0.4) is 0 Å². The van der Waals surface area contributed by atoms with E-state index in [0.717, 1.165) is 51.7 Å². The lowest BCUT2D eigenvalue weighted by molar-refractivity contribution is 0.101. The molecule has 2 fully saturated rings. The summed E-state index contributed by atoms with van der Waals surface area (Å²) in [4.78, 5) is 11.4. The molecule has 0 unspecified atom stereocenters. The van der Waals surface area contributed by atoms with Gasteiger partial charge in [0.1, 0.15) is 35.2 Å². The van der Waals surface area contributed by atoms with Gasteiger partial charge in [-0.1, -0.05) is 25.1 Å². The van der Waals surface area contributed by atoms with Gasteiger partial charge in [0.2, 0.25) is 0 Å². The van der Waals surface area contributed by atoms with Crippen LogP contribution < -0.4 is 15.8 Å². The molecular formula is C29H34FN7O. The molecular weight excluding hydrogens is 481 g/mol. The van der Waals surface area contributed by atoms with E-state index in [1.807, 2.05) is 35.0 Å². The van der Waals surface area contributed by atoms with E-state index >= 15 is 4.39 Å². The van der Waals surface area contributed by atoms with Crippen LogP contribution in [-0.4, -0.2) is 56.4 Å². The van der Waals surface area contributed by atoms with E-state index in [9.17, 15) is 0 Å². The van der Waals surface area contributed by atoms with Gasteiger partial charge in [-0.25, -0.2) is 19.0 Å². The third-order valence-electron chi connectivity index (χ3n) is 8.00. The Balaban J connectivity index is 1.26. The second-order valence-electron chi connectivity index (χ2n) is 10.3. The lowest BCUT2D eigenvalue weighted by Gasteiger charge is -2.41. The van der Waals surface area contributed by atoms with Crippen molar-refractivity contribution in [1.29, 1.82) is 0 Å². The lowest BCUT2D eigenvalue weighted by Crippen LogP contribution is -2.54. The number of nitrogens with two attached hydrogens (primary N) is 1. The van der Waals surface area contributed by atoms with Crippen LogP contribution in [-0.2, 0) is 0 Å². The first kappa shape index (κ1) is 24.8. The zero-order chi connectivity index (χ0) is 26.1. The summed E-state index contributed by atoms with van der Waals surface area (Å²) < 4.78 is 23.2. The lowest BCUT2D eigenvalue weighted by atomic mass is 9.89. The average Bonchev–Trinajstić information content (AvgIpc) is 3.34. The minimum Gasteiger partial charge on any atom is -0.457 e. The third kappa shape index (κ3) is 4.83. The molecule has 0 bridgehead atoms. The van der Waals surface area contributed by atoms with Crippen LogP contribution >= 0.6 is 0 Å². The monoisotopic (exact) mass is 515 g/mol. The summed E-state index contributed by atoms with van der Waals surface area (Å²) in [6, 6.07) is 15.5. The van der Waals surface area contributed by atoms with E-state index in [4.69, 9.17) is 15.6 Å². The summed E-state index contributed by atoms with van der Waals surface area (Å²) in [5, 5.41) is 9.12. The van der Waals surface area contributed by atoms with Gasteiger partial charge in [0.05, 0.1) is 11.4 Å². The number of hydrogen-bond donors (Lipinski definition) is 2. The molecule has 2 aromatic heterocycles. The van der Waals surface area contributed by atoms with Crippen molar-refractivity contribution in [3.63, 3.8) is 0 Å². The molecule has 3 N–H and O–H groups in total. The average molecular weight is 516 g/mol. The summed E-state index contributed by atoms with van der Waals surface area (Å²) in [5.74, 6) is 0.942. The summed E-state index contributed by atoms with van der Waals surface area (Å²) in [6.45, 7) is 5.53. The minimum absolute atomic E-state index is 0.186. The van der Waals surface area contributed by atoms with E-state index in [1.54, 1.807) is 12.1 Å². The molecule has 1 aliphatic heterocycles. The predicted octanol–water partition coefficient (Wildman–Crippen LogP) is 5.17. The van der Waals surface area contributed by atoms with Gasteiger partial charge in [-0.2, -0.15) is 5.10 Å². The highest BCUT2D eigenvalue weighted by Gasteiger charge is 2.31. The zero-order valence-corrected chi connectivity index (χ0v) is 21.7. The summed E-state index contributed by atoms with van der Waals surface area (Å²) in [5.41, 5.74) is 7.79. The molecule has 1 aliphatic carbocycles. The molecule has 0 radical (unpaired) electrons. The Bertz CT molecular complexity index is 1400. The Morgan fingerprint density at radius 2 is 1.82 bits per heavy atom. The van der Waals surface area contributed by atoms with Gasteiger partial charge in [0.25, 0.3) is 0 Å². The van der Waals surface area contributed by atoms with Crippen molar-refractivity contribution in [3.05, 3.63) is 60.7 Å². The molecule has 6 rings (SSSR count). The van der Waals surface area contributed by atoms with E-state index in [1.165, 1.54) is 12.4 Å². The molecule has 1 saturated carbocycles. The standard InChI is InChI=1S/C29H34FN7O/c1-2-19-17-36(15-14-32-19)20-8-10-21(11-9-20)37-29-26(28(31)33-18-34-29)27(35-37)24-13-12-23(16-25(24)30)38-22-6-4-3-5-7-22/h3-7,12-13,16,18-21,32H,2,8-11,14-15,17H2,1H3,(H2,31,33,34)/t19-,20-,21-/m0/s1. The topological polar surface area (TPSA) is 94.1 Å². The number of nitrogens with one attached hydrogen (secondary N) is 1. The molecule has 0 amide bonds. The van der Waals surface area contributed by atoms with Gasteiger partial charge in [0.15, 0.2) is 5.65 Å². The molecule has 0 spiro atoms. The fourth-order valence-corrected chi connectivity index (χ4v) is 5.94. The maximum absolute atomic E-state index is 15.4. The number of piperazine rings is 1. The van der Waals surface area contributed by atoms with Crippen LogP contribution in [0, 0.1) is 5.82 Å². The number of fused-ring (bicyclic) bond motifs is 1. The van der Waals surface area contributed by atoms with E-state index < -0.39 is 5.82 Å². The molecule has 2 aliphatic rings. The van der Waals surface area contributed by atoms with E-state index in [0.29, 0.717) is 51.7 Å². The van der Waals surface area contributed by atoms with E-state index in [2.05, 4.69) is 27.1 Å². The quantitative estimate of drug-likeness (QED) is 0.366. The highest BCUT2D eigenvalue weighted by molar-refractivity contribution is 5.98. The molecule has 1 atom stereocenters. The van der Waals surface area contributed by atoms with Gasteiger partial charge >= 0.3 is 0 Å². The smallest absolute Gasteiger partial charge is 0.164 e. The SMILES string of the molecule is CC[C@H]1CN([C@H]2CC[C@H](n3nc(-c4ccc(Oc5ccccc5)cc4F)c4c(N)ncnc43)CC2)CCN1. The number of ether oxygens (including phenoxy) is 1. The molecule has 9 heteroatoms. The molecule has 3 heterocycles. The van der Waals surface area contributed by atoms with Gasteiger partial charge < -0.3 is 15.8 Å². The van der Waals surface area contributed by atoms with Crippen LogP contribution in [0.4, 0.5) is 10.2 Å². The second-order valence-corrected chi connectivity index (χ2v) is 10.3. The Morgan fingerprint density at radius 1 is 1.03 bits per heavy atom. The molecule has 4 aromatic rings. The first-order valence-corrected chi connectivity index (χ1v) is 13.6. The molecule has 38 heavy (non-hydrogen) atoms. The maximum atomic E-state index is 15.4. The summed E-state index contributed by atoms with van der Waals surface area (Å²) in [6.07, 6.45) is 6.83. The third-order valence-corrected chi connectivity index (χ3v) is 8.00. The fourth-order valence-electron chi connectivity index (χ4n) is 5.94. The van der Waals surface area contributed by atoms with Gasteiger partial charge in [-0.05, 0) is 56.4 Å². The number of benzene rings is 2. The van der Waals surface area contributed by atoms with Crippen molar-refractivity contribution >= 4 is 16.9 Å². The summed E-state index contributed by atoms with van der Waals surface area (Å²) in [7, 11) is 0. The highest BCUT2D eigenvalue weighted by Crippen LogP contribution is 2.38. The van der Waals surface area contributed by atoms with Crippen LogP contribution in [0.25, 0.3) is 22.3 Å². The van der Waals surface area contributed by atoms with Gasteiger partial charge in [0, 0.05) is 43.3 Å².